The first-order chi connectivity index (χ1) is 10.9. The van der Waals surface area contributed by atoms with E-state index in [9.17, 15) is 12.8 Å². The monoisotopic (exact) mass is 343 g/mol. The molecule has 1 atom stereocenters. The number of ether oxygens (including phenoxy) is 1. The van der Waals surface area contributed by atoms with Gasteiger partial charge in [-0.25, -0.2) is 12.8 Å². The van der Waals surface area contributed by atoms with E-state index in [-0.39, 0.29) is 23.2 Å². The maximum absolute atomic E-state index is 13.8. The van der Waals surface area contributed by atoms with E-state index in [2.05, 4.69) is 0 Å². The van der Waals surface area contributed by atoms with Crippen molar-refractivity contribution in [2.24, 2.45) is 11.7 Å². The summed E-state index contributed by atoms with van der Waals surface area (Å²) in [6, 6.07) is 4.63. The zero-order valence-corrected chi connectivity index (χ0v) is 14.4. The van der Waals surface area contributed by atoms with Crippen molar-refractivity contribution in [3.63, 3.8) is 0 Å². The van der Waals surface area contributed by atoms with Gasteiger partial charge in [0.05, 0.1) is 18.1 Å². The lowest BCUT2D eigenvalue weighted by Gasteiger charge is -2.15. The molecule has 1 fully saturated rings. The topological polar surface area (TPSA) is 69.4 Å². The van der Waals surface area contributed by atoms with Crippen LogP contribution in [-0.2, 0) is 9.84 Å². The molecule has 1 aliphatic carbocycles. The highest BCUT2D eigenvalue weighted by atomic mass is 32.2. The van der Waals surface area contributed by atoms with Crippen LogP contribution in [-0.4, -0.2) is 33.1 Å². The van der Waals surface area contributed by atoms with Crippen molar-refractivity contribution >= 4 is 9.84 Å². The number of rotatable bonds is 10. The minimum absolute atomic E-state index is 0.0608. The van der Waals surface area contributed by atoms with Crippen molar-refractivity contribution < 1.29 is 17.5 Å². The Kier molecular flexibility index (Phi) is 6.41. The highest BCUT2D eigenvalue weighted by Crippen LogP contribution is 2.31. The molecular formula is C17H26FNO3S. The standard InChI is InChI=1S/C17H26FNO3S/c1-13(12-23(20,21)9-3-2-8-19)15-6-7-16(18)17(10-15)22-11-14-4-5-14/h6-7,10,13-14H,2-5,8-9,11-12,19H2,1H3/t13-/m0/s1. The summed E-state index contributed by atoms with van der Waals surface area (Å²) in [7, 11) is -3.13. The summed E-state index contributed by atoms with van der Waals surface area (Å²) in [5.74, 6) is 0.390. The zero-order valence-electron chi connectivity index (χ0n) is 13.6. The highest BCUT2D eigenvalue weighted by Gasteiger charge is 2.23. The molecular weight excluding hydrogens is 317 g/mol. The Balaban J connectivity index is 1.97. The van der Waals surface area contributed by atoms with Gasteiger partial charge in [-0.15, -0.1) is 0 Å². The predicted molar refractivity (Wildman–Crippen MR) is 90.0 cm³/mol. The maximum atomic E-state index is 13.8. The summed E-state index contributed by atoms with van der Waals surface area (Å²) in [6.45, 7) is 2.88. The van der Waals surface area contributed by atoms with Crippen molar-refractivity contribution in [2.45, 2.75) is 38.5 Å². The van der Waals surface area contributed by atoms with Crippen LogP contribution < -0.4 is 10.5 Å². The Morgan fingerprint density at radius 3 is 2.74 bits per heavy atom. The first kappa shape index (κ1) is 18.2. The molecule has 0 amide bonds. The van der Waals surface area contributed by atoms with E-state index >= 15 is 0 Å². The number of benzene rings is 1. The van der Waals surface area contributed by atoms with E-state index in [1.165, 1.54) is 6.07 Å². The van der Waals surface area contributed by atoms with Gasteiger partial charge in [-0.1, -0.05) is 13.0 Å². The molecule has 0 bridgehead atoms. The highest BCUT2D eigenvalue weighted by molar-refractivity contribution is 7.91. The van der Waals surface area contributed by atoms with Crippen LogP contribution in [0, 0.1) is 11.7 Å². The van der Waals surface area contributed by atoms with Gasteiger partial charge in [0.2, 0.25) is 0 Å². The minimum Gasteiger partial charge on any atom is -0.490 e. The lowest BCUT2D eigenvalue weighted by atomic mass is 10.0. The normalized spacial score (nSPS) is 16.3. The van der Waals surface area contributed by atoms with Gasteiger partial charge in [0, 0.05) is 0 Å². The van der Waals surface area contributed by atoms with Crippen LogP contribution in [0.25, 0.3) is 0 Å². The van der Waals surface area contributed by atoms with Crippen LogP contribution in [0.15, 0.2) is 18.2 Å². The molecule has 1 aliphatic rings. The van der Waals surface area contributed by atoms with Crippen LogP contribution in [0.1, 0.15) is 44.1 Å². The Bertz CT molecular complexity index is 614. The smallest absolute Gasteiger partial charge is 0.165 e. The van der Waals surface area contributed by atoms with Crippen molar-refractivity contribution in [1.29, 1.82) is 0 Å². The average Bonchev–Trinajstić information content (AvgIpc) is 3.30. The van der Waals surface area contributed by atoms with Gasteiger partial charge in [-0.2, -0.15) is 0 Å². The van der Waals surface area contributed by atoms with Crippen molar-refractivity contribution in [3.8, 4) is 5.75 Å². The third kappa shape index (κ3) is 6.11. The molecule has 0 heterocycles. The van der Waals surface area contributed by atoms with Gasteiger partial charge in [0.25, 0.3) is 0 Å². The van der Waals surface area contributed by atoms with Gasteiger partial charge in [0.1, 0.15) is 0 Å². The number of hydrogen-bond donors (Lipinski definition) is 1. The number of unbranched alkanes of at least 4 members (excludes halogenated alkanes) is 1. The van der Waals surface area contributed by atoms with Crippen molar-refractivity contribution in [1.82, 2.24) is 0 Å². The molecule has 1 saturated carbocycles. The van der Waals surface area contributed by atoms with Gasteiger partial charge in [-0.05, 0) is 61.8 Å². The molecule has 6 heteroatoms. The second kappa shape index (κ2) is 8.11. The first-order valence-electron chi connectivity index (χ1n) is 8.24. The number of nitrogens with two attached hydrogens (primary N) is 1. The van der Waals surface area contributed by atoms with Crippen LogP contribution in [0.2, 0.25) is 0 Å². The molecule has 0 aliphatic heterocycles. The van der Waals surface area contributed by atoms with E-state index in [1.807, 2.05) is 6.92 Å². The predicted octanol–water partition coefficient (Wildman–Crippen LogP) is 2.87. The fourth-order valence-electron chi connectivity index (χ4n) is 2.46. The Labute approximate surface area is 138 Å². The molecule has 1 aromatic rings. The fraction of sp³-hybridized carbons (Fsp3) is 0.647. The van der Waals surface area contributed by atoms with Crippen LogP contribution in [0.5, 0.6) is 5.75 Å². The Morgan fingerprint density at radius 1 is 1.35 bits per heavy atom. The second-order valence-electron chi connectivity index (χ2n) is 6.46. The molecule has 0 unspecified atom stereocenters. The molecule has 23 heavy (non-hydrogen) atoms. The van der Waals surface area contributed by atoms with E-state index in [4.69, 9.17) is 10.5 Å². The lowest BCUT2D eigenvalue weighted by Crippen LogP contribution is -2.17. The first-order valence-corrected chi connectivity index (χ1v) is 10.1. The van der Waals surface area contributed by atoms with Gasteiger partial charge in [0.15, 0.2) is 21.4 Å². The summed E-state index contributed by atoms with van der Waals surface area (Å²) >= 11 is 0. The van der Waals surface area contributed by atoms with Crippen molar-refractivity contribution in [3.05, 3.63) is 29.6 Å². The van der Waals surface area contributed by atoms with Crippen LogP contribution in [0.4, 0.5) is 4.39 Å². The van der Waals surface area contributed by atoms with Crippen LogP contribution >= 0.6 is 0 Å². The fourth-order valence-corrected chi connectivity index (χ4v) is 4.22. The average molecular weight is 343 g/mol. The molecule has 0 spiro atoms. The third-order valence-electron chi connectivity index (χ3n) is 4.11. The number of halogens is 1. The Morgan fingerprint density at radius 2 is 2.09 bits per heavy atom. The van der Waals surface area contributed by atoms with E-state index in [0.717, 1.165) is 18.4 Å². The quantitative estimate of drug-likeness (QED) is 0.663. The SMILES string of the molecule is C[C@@H](CS(=O)(=O)CCCCN)c1ccc(F)c(OCC2CC2)c1. The van der Waals surface area contributed by atoms with E-state index < -0.39 is 15.7 Å². The maximum Gasteiger partial charge on any atom is 0.165 e. The molecule has 2 N–H and O–H groups in total. The molecule has 0 aromatic heterocycles. The molecule has 1 aromatic carbocycles. The molecule has 130 valence electrons. The third-order valence-corrected chi connectivity index (χ3v) is 6.03. The largest absolute Gasteiger partial charge is 0.490 e. The molecule has 2 rings (SSSR count). The zero-order chi connectivity index (χ0) is 16.9. The van der Waals surface area contributed by atoms with Gasteiger partial charge >= 0.3 is 0 Å². The Hall–Kier alpha value is -1.14. The van der Waals surface area contributed by atoms with E-state index in [1.54, 1.807) is 12.1 Å². The summed E-state index contributed by atoms with van der Waals surface area (Å²) in [5.41, 5.74) is 6.18. The summed E-state index contributed by atoms with van der Waals surface area (Å²) in [4.78, 5) is 0. The van der Waals surface area contributed by atoms with Gasteiger partial charge < -0.3 is 10.5 Å². The van der Waals surface area contributed by atoms with Crippen molar-refractivity contribution in [2.75, 3.05) is 24.7 Å². The summed E-state index contributed by atoms with van der Waals surface area (Å²) in [5, 5.41) is 0. The van der Waals surface area contributed by atoms with E-state index in [0.29, 0.717) is 31.9 Å². The molecule has 4 nitrogen and oxygen atoms in total. The summed E-state index contributed by atoms with van der Waals surface area (Å²) < 4.78 is 43.6. The summed E-state index contributed by atoms with van der Waals surface area (Å²) in [6.07, 6.45) is 3.57. The van der Waals surface area contributed by atoms with Crippen LogP contribution in [0.3, 0.4) is 0 Å². The minimum atomic E-state index is -3.13. The lowest BCUT2D eigenvalue weighted by molar-refractivity contribution is 0.285. The molecule has 0 radical (unpaired) electrons. The second-order valence-corrected chi connectivity index (χ2v) is 8.68. The van der Waals surface area contributed by atoms with Gasteiger partial charge in [-0.3, -0.25) is 0 Å². The number of hydrogen-bond acceptors (Lipinski definition) is 4. The molecule has 0 saturated heterocycles. The number of sulfone groups is 1.